The molecule has 1 aromatic carbocycles. The van der Waals surface area contributed by atoms with Gasteiger partial charge in [0.15, 0.2) is 0 Å². The van der Waals surface area contributed by atoms with Crippen LogP contribution in [0.4, 0.5) is 5.82 Å². The lowest BCUT2D eigenvalue weighted by Crippen LogP contribution is -2.39. The van der Waals surface area contributed by atoms with Crippen LogP contribution in [0.15, 0.2) is 30.3 Å². The lowest BCUT2D eigenvalue weighted by Gasteiger charge is -2.33. The van der Waals surface area contributed by atoms with Crippen LogP contribution in [-0.2, 0) is 13.0 Å². The van der Waals surface area contributed by atoms with Crippen molar-refractivity contribution >= 4 is 11.7 Å². The lowest BCUT2D eigenvalue weighted by molar-refractivity contribution is 0.0704. The van der Waals surface area contributed by atoms with Crippen LogP contribution in [0.2, 0.25) is 0 Å². The van der Waals surface area contributed by atoms with Crippen molar-refractivity contribution in [2.75, 3.05) is 39.0 Å². The number of amides is 1. The molecule has 0 bridgehead atoms. The van der Waals surface area contributed by atoms with E-state index in [4.69, 9.17) is 9.97 Å². The zero-order chi connectivity index (χ0) is 18.8. The fraction of sp³-hybridized carbons (Fsp3) is 0.476. The Hall–Kier alpha value is -2.47. The predicted octanol–water partition coefficient (Wildman–Crippen LogP) is 2.53. The molecular formula is C21H27N5O. The van der Waals surface area contributed by atoms with Gasteiger partial charge in [0, 0.05) is 56.7 Å². The van der Waals surface area contributed by atoms with E-state index in [9.17, 15) is 4.79 Å². The van der Waals surface area contributed by atoms with Crippen LogP contribution >= 0.6 is 0 Å². The highest BCUT2D eigenvalue weighted by Gasteiger charge is 2.29. The van der Waals surface area contributed by atoms with Gasteiger partial charge < -0.3 is 15.1 Å². The Morgan fingerprint density at radius 2 is 2.00 bits per heavy atom. The number of fused-ring (bicyclic) bond motifs is 1. The Balaban J connectivity index is 1.57. The van der Waals surface area contributed by atoms with E-state index in [2.05, 4.69) is 17.3 Å². The van der Waals surface area contributed by atoms with Crippen molar-refractivity contribution in [3.05, 3.63) is 53.0 Å². The molecule has 1 atom stereocenters. The number of aromatic nitrogens is 2. The number of rotatable bonds is 3. The number of nitrogens with one attached hydrogen (secondary N) is 1. The highest BCUT2D eigenvalue weighted by atomic mass is 16.2. The summed E-state index contributed by atoms with van der Waals surface area (Å²) in [6, 6.07) is 9.54. The quantitative estimate of drug-likeness (QED) is 0.906. The number of benzene rings is 1. The molecule has 2 aliphatic rings. The van der Waals surface area contributed by atoms with E-state index < -0.39 is 0 Å². The number of hydrogen-bond acceptors (Lipinski definition) is 5. The van der Waals surface area contributed by atoms with Crippen molar-refractivity contribution in [2.45, 2.75) is 31.7 Å². The number of anilines is 1. The summed E-state index contributed by atoms with van der Waals surface area (Å²) in [5.74, 6) is 2.12. The molecule has 1 aromatic heterocycles. The zero-order valence-electron chi connectivity index (χ0n) is 16.1. The summed E-state index contributed by atoms with van der Waals surface area (Å²) in [7, 11) is 4.05. The third kappa shape index (κ3) is 3.67. The van der Waals surface area contributed by atoms with E-state index in [1.807, 2.05) is 42.3 Å². The van der Waals surface area contributed by atoms with Gasteiger partial charge in [-0.2, -0.15) is 0 Å². The third-order valence-corrected chi connectivity index (χ3v) is 5.60. The minimum atomic E-state index is 0.105. The van der Waals surface area contributed by atoms with E-state index in [0.29, 0.717) is 6.54 Å². The van der Waals surface area contributed by atoms with Gasteiger partial charge in [-0.3, -0.25) is 4.79 Å². The Labute approximate surface area is 160 Å². The highest BCUT2D eigenvalue weighted by Crippen LogP contribution is 2.30. The average Bonchev–Trinajstić information content (AvgIpc) is 2.73. The van der Waals surface area contributed by atoms with E-state index in [0.717, 1.165) is 61.8 Å². The number of piperidine rings is 1. The van der Waals surface area contributed by atoms with Crippen LogP contribution in [0, 0.1) is 0 Å². The Morgan fingerprint density at radius 3 is 2.78 bits per heavy atom. The van der Waals surface area contributed by atoms with Gasteiger partial charge in [-0.1, -0.05) is 18.2 Å². The van der Waals surface area contributed by atoms with Gasteiger partial charge in [-0.05, 0) is 32.0 Å². The molecule has 6 nitrogen and oxygen atoms in total. The first-order valence-electron chi connectivity index (χ1n) is 9.76. The summed E-state index contributed by atoms with van der Waals surface area (Å²) in [6.45, 7) is 3.40. The van der Waals surface area contributed by atoms with Gasteiger partial charge in [0.05, 0.1) is 5.69 Å². The maximum Gasteiger partial charge on any atom is 0.253 e. The minimum absolute atomic E-state index is 0.105. The first-order chi connectivity index (χ1) is 13.2. The Kier molecular flexibility index (Phi) is 5.07. The van der Waals surface area contributed by atoms with Crippen molar-refractivity contribution in [3.8, 4) is 0 Å². The van der Waals surface area contributed by atoms with Crippen LogP contribution in [0.25, 0.3) is 0 Å². The molecule has 27 heavy (non-hydrogen) atoms. The second-order valence-electron chi connectivity index (χ2n) is 7.55. The van der Waals surface area contributed by atoms with E-state index >= 15 is 0 Å². The summed E-state index contributed by atoms with van der Waals surface area (Å²) < 4.78 is 0. The van der Waals surface area contributed by atoms with Gasteiger partial charge in [-0.15, -0.1) is 0 Å². The average molecular weight is 365 g/mol. The number of likely N-dealkylation sites (tertiary alicyclic amines) is 1. The molecule has 6 heteroatoms. The van der Waals surface area contributed by atoms with E-state index in [-0.39, 0.29) is 11.8 Å². The van der Waals surface area contributed by atoms with Crippen molar-refractivity contribution in [2.24, 2.45) is 0 Å². The molecule has 4 rings (SSSR count). The van der Waals surface area contributed by atoms with Crippen molar-refractivity contribution < 1.29 is 4.79 Å². The lowest BCUT2D eigenvalue weighted by atomic mass is 9.95. The van der Waals surface area contributed by atoms with Gasteiger partial charge in [-0.25, -0.2) is 9.97 Å². The molecule has 1 N–H and O–H groups in total. The smallest absolute Gasteiger partial charge is 0.253 e. The number of carbonyl (C=O) groups is 1. The maximum absolute atomic E-state index is 12.8. The third-order valence-electron chi connectivity index (χ3n) is 5.60. The first-order valence-corrected chi connectivity index (χ1v) is 9.76. The molecule has 1 fully saturated rings. The van der Waals surface area contributed by atoms with Crippen LogP contribution in [0.5, 0.6) is 0 Å². The summed E-state index contributed by atoms with van der Waals surface area (Å²) in [5, 5.41) is 3.26. The first kappa shape index (κ1) is 17.9. The number of nitrogens with zero attached hydrogens (tertiary/aromatic N) is 4. The van der Waals surface area contributed by atoms with Crippen LogP contribution in [0.3, 0.4) is 0 Å². The van der Waals surface area contributed by atoms with Gasteiger partial charge in [0.2, 0.25) is 0 Å². The summed E-state index contributed by atoms with van der Waals surface area (Å²) >= 11 is 0. The summed E-state index contributed by atoms with van der Waals surface area (Å²) in [6.07, 6.45) is 2.97. The Bertz CT molecular complexity index is 806. The second kappa shape index (κ2) is 7.64. The molecule has 3 heterocycles. The molecule has 1 saturated heterocycles. The van der Waals surface area contributed by atoms with Crippen molar-refractivity contribution in [3.63, 3.8) is 0 Å². The Morgan fingerprint density at radius 1 is 1.19 bits per heavy atom. The van der Waals surface area contributed by atoms with Crippen molar-refractivity contribution in [1.29, 1.82) is 0 Å². The topological polar surface area (TPSA) is 61.4 Å². The molecule has 0 radical (unpaired) electrons. The molecule has 1 amide bonds. The monoisotopic (exact) mass is 365 g/mol. The predicted molar refractivity (Wildman–Crippen MR) is 106 cm³/mol. The second-order valence-corrected chi connectivity index (χ2v) is 7.55. The molecule has 0 aliphatic carbocycles. The van der Waals surface area contributed by atoms with Gasteiger partial charge in [0.25, 0.3) is 5.91 Å². The largest absolute Gasteiger partial charge is 0.373 e. The fourth-order valence-electron chi connectivity index (χ4n) is 4.09. The van der Waals surface area contributed by atoms with Crippen LogP contribution in [-0.4, -0.2) is 59.4 Å². The van der Waals surface area contributed by atoms with Gasteiger partial charge >= 0.3 is 0 Å². The minimum Gasteiger partial charge on any atom is -0.373 e. The molecule has 0 spiro atoms. The molecule has 2 aromatic rings. The number of carbonyl (C=O) groups excluding carboxylic acids is 1. The van der Waals surface area contributed by atoms with Gasteiger partial charge in [0.1, 0.15) is 11.6 Å². The van der Waals surface area contributed by atoms with Crippen LogP contribution in [0.1, 0.15) is 46.2 Å². The standard InChI is InChI=1S/C21H27N5O/c1-22-20-17-14-25(2)12-10-18(17)23-19(24-20)16-9-6-11-26(13-16)21(27)15-7-4-3-5-8-15/h3-5,7-8,16H,6,9-14H2,1-2H3,(H,22,23,24)/t16-/m0/s1. The molecule has 2 aliphatic heterocycles. The molecule has 0 unspecified atom stereocenters. The highest BCUT2D eigenvalue weighted by molar-refractivity contribution is 5.94. The summed E-state index contributed by atoms with van der Waals surface area (Å²) in [5.41, 5.74) is 3.13. The summed E-state index contributed by atoms with van der Waals surface area (Å²) in [4.78, 5) is 26.9. The zero-order valence-corrected chi connectivity index (χ0v) is 16.1. The SMILES string of the molecule is CNc1nc([C@H]2CCCN(C(=O)c3ccccc3)C2)nc2c1CN(C)CC2. The van der Waals surface area contributed by atoms with E-state index in [1.54, 1.807) is 0 Å². The normalized spacial score (nSPS) is 20.2. The van der Waals surface area contributed by atoms with E-state index in [1.165, 1.54) is 5.56 Å². The molecule has 142 valence electrons. The molecular weight excluding hydrogens is 338 g/mol. The number of likely N-dealkylation sites (N-methyl/N-ethyl adjacent to an activating group) is 1. The maximum atomic E-state index is 12.8. The van der Waals surface area contributed by atoms with Crippen LogP contribution < -0.4 is 5.32 Å². The molecule has 0 saturated carbocycles. The fourth-order valence-corrected chi connectivity index (χ4v) is 4.09. The number of hydrogen-bond donors (Lipinski definition) is 1. The van der Waals surface area contributed by atoms with Crippen molar-refractivity contribution in [1.82, 2.24) is 19.8 Å².